The Morgan fingerprint density at radius 2 is 2.37 bits per heavy atom. The summed E-state index contributed by atoms with van der Waals surface area (Å²) in [6.07, 6.45) is 0.391. The van der Waals surface area contributed by atoms with Crippen LogP contribution in [0.15, 0.2) is 28.7 Å². The van der Waals surface area contributed by atoms with Crippen molar-refractivity contribution in [2.24, 2.45) is 0 Å². The molecule has 0 aromatic heterocycles. The number of carbonyl (C=O) groups excluding carboxylic acids is 1. The van der Waals surface area contributed by atoms with Gasteiger partial charge in [0, 0.05) is 17.6 Å². The first kappa shape index (κ1) is 14.5. The first-order chi connectivity index (χ1) is 9.16. The predicted molar refractivity (Wildman–Crippen MR) is 77.9 cm³/mol. The third-order valence-electron chi connectivity index (χ3n) is 3.17. The van der Waals surface area contributed by atoms with Gasteiger partial charge in [0.1, 0.15) is 0 Å². The quantitative estimate of drug-likeness (QED) is 0.889. The van der Waals surface area contributed by atoms with E-state index in [1.54, 1.807) is 0 Å². The lowest BCUT2D eigenvalue weighted by Gasteiger charge is -2.24. The van der Waals surface area contributed by atoms with E-state index in [2.05, 4.69) is 26.6 Å². The third-order valence-corrected chi connectivity index (χ3v) is 3.89. The Balaban J connectivity index is 1.86. The molecule has 4 nitrogen and oxygen atoms in total. The predicted octanol–water partition coefficient (Wildman–Crippen LogP) is 2.00. The van der Waals surface area contributed by atoms with Crippen LogP contribution in [0.3, 0.4) is 0 Å². The Morgan fingerprint density at radius 3 is 3.05 bits per heavy atom. The first-order valence-electron chi connectivity index (χ1n) is 6.53. The van der Waals surface area contributed by atoms with Gasteiger partial charge in [-0.2, -0.15) is 0 Å². The topological polar surface area (TPSA) is 50.4 Å². The smallest absolute Gasteiger partial charge is 0.223 e. The van der Waals surface area contributed by atoms with Gasteiger partial charge in [0.15, 0.2) is 0 Å². The monoisotopic (exact) mass is 326 g/mol. The summed E-state index contributed by atoms with van der Waals surface area (Å²) in [6.45, 7) is 4.28. The maximum absolute atomic E-state index is 12.0. The number of amides is 1. The molecule has 5 heteroatoms. The van der Waals surface area contributed by atoms with Crippen molar-refractivity contribution in [1.82, 2.24) is 10.6 Å². The van der Waals surface area contributed by atoms with Crippen molar-refractivity contribution in [1.29, 1.82) is 0 Å². The lowest BCUT2D eigenvalue weighted by atomic mass is 10.1. The third kappa shape index (κ3) is 4.30. The van der Waals surface area contributed by atoms with Crippen LogP contribution in [0, 0.1) is 0 Å². The molecule has 1 amide bonds. The lowest BCUT2D eigenvalue weighted by molar-refractivity contribution is -0.125. The van der Waals surface area contributed by atoms with E-state index < -0.39 is 0 Å². The highest BCUT2D eigenvalue weighted by atomic mass is 79.9. The highest BCUT2D eigenvalue weighted by Gasteiger charge is 2.19. The minimum Gasteiger partial charge on any atom is -0.375 e. The molecule has 0 bridgehead atoms. The number of benzene rings is 1. The summed E-state index contributed by atoms with van der Waals surface area (Å²) in [5.74, 6) is 0.0250. The summed E-state index contributed by atoms with van der Waals surface area (Å²) < 4.78 is 6.54. The molecule has 1 aromatic rings. The molecule has 1 fully saturated rings. The SMILES string of the molecule is CC(NC(=O)CC1CNCCO1)c1ccccc1Br. The summed E-state index contributed by atoms with van der Waals surface area (Å²) in [5, 5.41) is 6.23. The second-order valence-corrected chi connectivity index (χ2v) is 5.57. The largest absolute Gasteiger partial charge is 0.375 e. The maximum atomic E-state index is 12.0. The van der Waals surface area contributed by atoms with Gasteiger partial charge in [-0.05, 0) is 18.6 Å². The molecule has 0 spiro atoms. The molecule has 2 atom stereocenters. The fourth-order valence-corrected chi connectivity index (χ4v) is 2.79. The summed E-state index contributed by atoms with van der Waals surface area (Å²) in [5.41, 5.74) is 1.08. The minimum absolute atomic E-state index is 0.0137. The van der Waals surface area contributed by atoms with Crippen molar-refractivity contribution >= 4 is 21.8 Å². The maximum Gasteiger partial charge on any atom is 0.223 e. The van der Waals surface area contributed by atoms with Gasteiger partial charge in [0.25, 0.3) is 0 Å². The van der Waals surface area contributed by atoms with Crippen molar-refractivity contribution in [3.63, 3.8) is 0 Å². The van der Waals surface area contributed by atoms with Gasteiger partial charge in [-0.1, -0.05) is 34.1 Å². The number of hydrogen-bond donors (Lipinski definition) is 2. The van der Waals surface area contributed by atoms with Gasteiger partial charge in [-0.3, -0.25) is 4.79 Å². The van der Waals surface area contributed by atoms with E-state index in [0.717, 1.165) is 23.1 Å². The Hall–Kier alpha value is -0.910. The zero-order valence-corrected chi connectivity index (χ0v) is 12.6. The highest BCUT2D eigenvalue weighted by Crippen LogP contribution is 2.22. The van der Waals surface area contributed by atoms with E-state index in [1.165, 1.54) is 0 Å². The number of halogens is 1. The van der Waals surface area contributed by atoms with E-state index in [0.29, 0.717) is 13.0 Å². The highest BCUT2D eigenvalue weighted by molar-refractivity contribution is 9.10. The van der Waals surface area contributed by atoms with Crippen molar-refractivity contribution < 1.29 is 9.53 Å². The van der Waals surface area contributed by atoms with E-state index >= 15 is 0 Å². The summed E-state index contributed by atoms with van der Waals surface area (Å²) in [7, 11) is 0. The molecule has 2 rings (SSSR count). The molecule has 1 aromatic carbocycles. The number of ether oxygens (including phenoxy) is 1. The molecular formula is C14H19BrN2O2. The summed E-state index contributed by atoms with van der Waals surface area (Å²) in [4.78, 5) is 12.0. The molecule has 0 radical (unpaired) electrons. The number of hydrogen-bond acceptors (Lipinski definition) is 3. The van der Waals surface area contributed by atoms with E-state index in [9.17, 15) is 4.79 Å². The zero-order valence-electron chi connectivity index (χ0n) is 11.0. The van der Waals surface area contributed by atoms with Crippen LogP contribution in [0.4, 0.5) is 0 Å². The van der Waals surface area contributed by atoms with Gasteiger partial charge in [0.2, 0.25) is 5.91 Å². The average molecular weight is 327 g/mol. The Morgan fingerprint density at radius 1 is 1.58 bits per heavy atom. The van der Waals surface area contributed by atoms with Crippen molar-refractivity contribution in [3.05, 3.63) is 34.3 Å². The van der Waals surface area contributed by atoms with Gasteiger partial charge in [-0.15, -0.1) is 0 Å². The van der Waals surface area contributed by atoms with Crippen LogP contribution in [-0.4, -0.2) is 31.7 Å². The zero-order chi connectivity index (χ0) is 13.7. The summed E-state index contributed by atoms with van der Waals surface area (Å²) in [6, 6.07) is 7.90. The lowest BCUT2D eigenvalue weighted by Crippen LogP contribution is -2.41. The number of nitrogens with one attached hydrogen (secondary N) is 2. The first-order valence-corrected chi connectivity index (χ1v) is 7.32. The second-order valence-electron chi connectivity index (χ2n) is 4.71. The Kier molecular flexibility index (Phi) is 5.36. The molecule has 1 heterocycles. The fraction of sp³-hybridized carbons (Fsp3) is 0.500. The standard InChI is InChI=1S/C14H19BrN2O2/c1-10(12-4-2-3-5-13(12)15)17-14(18)8-11-9-16-6-7-19-11/h2-5,10-11,16H,6-9H2,1H3,(H,17,18). The molecule has 19 heavy (non-hydrogen) atoms. The number of rotatable bonds is 4. The summed E-state index contributed by atoms with van der Waals surface area (Å²) >= 11 is 3.50. The van der Waals surface area contributed by atoms with Gasteiger partial charge in [0.05, 0.1) is 25.2 Å². The van der Waals surface area contributed by atoms with Gasteiger partial charge < -0.3 is 15.4 Å². The van der Waals surface area contributed by atoms with Crippen molar-refractivity contribution in [3.8, 4) is 0 Å². The Labute approximate surface area is 122 Å². The second kappa shape index (κ2) is 7.03. The van der Waals surface area contributed by atoms with Crippen LogP contribution in [0.1, 0.15) is 24.9 Å². The van der Waals surface area contributed by atoms with Crippen molar-refractivity contribution in [2.75, 3.05) is 19.7 Å². The van der Waals surface area contributed by atoms with Crippen LogP contribution < -0.4 is 10.6 Å². The molecule has 104 valence electrons. The molecule has 0 aliphatic carbocycles. The molecule has 2 N–H and O–H groups in total. The normalized spacial score (nSPS) is 20.8. The van der Waals surface area contributed by atoms with Crippen molar-refractivity contribution in [2.45, 2.75) is 25.5 Å². The minimum atomic E-state index is -0.0142. The van der Waals surface area contributed by atoms with Crippen LogP contribution >= 0.6 is 15.9 Å². The number of carbonyl (C=O) groups is 1. The fourth-order valence-electron chi connectivity index (χ4n) is 2.16. The van der Waals surface area contributed by atoms with Crippen LogP contribution in [0.25, 0.3) is 0 Å². The van der Waals surface area contributed by atoms with E-state index in [4.69, 9.17) is 4.74 Å². The average Bonchev–Trinajstić information content (AvgIpc) is 2.40. The molecule has 2 unspecified atom stereocenters. The number of morpholine rings is 1. The molecule has 0 saturated carbocycles. The van der Waals surface area contributed by atoms with E-state index in [-0.39, 0.29) is 18.1 Å². The van der Waals surface area contributed by atoms with Gasteiger partial charge in [-0.25, -0.2) is 0 Å². The molecule has 1 aliphatic heterocycles. The van der Waals surface area contributed by atoms with Crippen LogP contribution in [-0.2, 0) is 9.53 Å². The molecular weight excluding hydrogens is 308 g/mol. The Bertz CT molecular complexity index is 433. The molecule has 1 aliphatic rings. The van der Waals surface area contributed by atoms with Gasteiger partial charge >= 0.3 is 0 Å². The van der Waals surface area contributed by atoms with Crippen LogP contribution in [0.5, 0.6) is 0 Å². The molecule has 1 saturated heterocycles. The van der Waals surface area contributed by atoms with E-state index in [1.807, 2.05) is 31.2 Å². The van der Waals surface area contributed by atoms with Crippen LogP contribution in [0.2, 0.25) is 0 Å².